The molecule has 0 aromatic carbocycles. The van der Waals surface area contributed by atoms with Gasteiger partial charge in [-0.1, -0.05) is 79.1 Å². The van der Waals surface area contributed by atoms with Crippen molar-refractivity contribution in [1.29, 1.82) is 0 Å². The molecule has 1 N–H and O–H groups in total. The van der Waals surface area contributed by atoms with Gasteiger partial charge in [0.15, 0.2) is 0 Å². The van der Waals surface area contributed by atoms with E-state index in [0.717, 1.165) is 23.7 Å². The van der Waals surface area contributed by atoms with E-state index in [-0.39, 0.29) is 0 Å². The largest absolute Gasteiger partial charge is 0.310 e. The first-order valence-electron chi connectivity index (χ1n) is 9.81. The van der Waals surface area contributed by atoms with Crippen molar-refractivity contribution in [2.45, 2.75) is 97.4 Å². The van der Waals surface area contributed by atoms with Crippen molar-refractivity contribution in [2.24, 2.45) is 23.7 Å². The van der Waals surface area contributed by atoms with Crippen LogP contribution in [-0.2, 0) is 0 Å². The quantitative estimate of drug-likeness (QED) is 0.679. The first-order chi connectivity index (χ1) is 10.1. The Morgan fingerprint density at radius 3 is 1.86 bits per heavy atom. The molecule has 0 amide bonds. The van der Waals surface area contributed by atoms with Crippen LogP contribution < -0.4 is 5.32 Å². The Kier molecular flexibility index (Phi) is 6.59. The molecular formula is C20H39N. The highest BCUT2D eigenvalue weighted by Crippen LogP contribution is 2.37. The number of rotatable bonds is 2. The van der Waals surface area contributed by atoms with Crippen LogP contribution in [0.1, 0.15) is 91.9 Å². The van der Waals surface area contributed by atoms with E-state index < -0.39 is 0 Å². The molecule has 2 atom stereocenters. The molecule has 1 aliphatic heterocycles. The Balaban J connectivity index is 2.11. The lowest BCUT2D eigenvalue weighted by molar-refractivity contribution is 0.121. The van der Waals surface area contributed by atoms with Crippen LogP contribution in [-0.4, -0.2) is 12.1 Å². The van der Waals surface area contributed by atoms with Gasteiger partial charge in [0.25, 0.3) is 0 Å². The van der Waals surface area contributed by atoms with Crippen molar-refractivity contribution in [1.82, 2.24) is 5.32 Å². The van der Waals surface area contributed by atoms with Gasteiger partial charge in [0, 0.05) is 5.54 Å². The van der Waals surface area contributed by atoms with E-state index in [2.05, 4.69) is 33.0 Å². The minimum absolute atomic E-state index is 0.367. The zero-order valence-corrected chi connectivity index (χ0v) is 15.1. The molecule has 1 saturated heterocycles. The summed E-state index contributed by atoms with van der Waals surface area (Å²) in [6.07, 6.45) is 14.6. The monoisotopic (exact) mass is 293 g/mol. The van der Waals surface area contributed by atoms with Crippen LogP contribution in [0.5, 0.6) is 0 Å². The average Bonchev–Trinajstić information content (AvgIpc) is 2.49. The van der Waals surface area contributed by atoms with E-state index in [4.69, 9.17) is 0 Å². The SMILES string of the molecule is CC(C)C1(C(C)C)CCCCCCC2CCCCC2CN1. The molecule has 0 radical (unpaired) electrons. The lowest BCUT2D eigenvalue weighted by Crippen LogP contribution is -2.55. The van der Waals surface area contributed by atoms with Gasteiger partial charge in [0.1, 0.15) is 0 Å². The Morgan fingerprint density at radius 1 is 0.714 bits per heavy atom. The summed E-state index contributed by atoms with van der Waals surface area (Å²) in [4.78, 5) is 0. The Labute approximate surface area is 133 Å². The highest BCUT2D eigenvalue weighted by atomic mass is 15.0. The molecule has 124 valence electrons. The number of fused-ring (bicyclic) bond motifs is 1. The molecule has 1 heterocycles. The van der Waals surface area contributed by atoms with Crippen LogP contribution >= 0.6 is 0 Å². The number of hydrogen-bond acceptors (Lipinski definition) is 1. The van der Waals surface area contributed by atoms with E-state index in [1.807, 2.05) is 0 Å². The van der Waals surface area contributed by atoms with E-state index in [9.17, 15) is 0 Å². The molecule has 0 aromatic heterocycles. The van der Waals surface area contributed by atoms with Crippen LogP contribution in [0.4, 0.5) is 0 Å². The fourth-order valence-corrected chi connectivity index (χ4v) is 5.17. The maximum absolute atomic E-state index is 4.13. The summed E-state index contributed by atoms with van der Waals surface area (Å²) in [6.45, 7) is 11.0. The molecule has 0 bridgehead atoms. The van der Waals surface area contributed by atoms with Crippen LogP contribution in [0.25, 0.3) is 0 Å². The molecule has 21 heavy (non-hydrogen) atoms. The third kappa shape index (κ3) is 4.24. The molecule has 1 saturated carbocycles. The van der Waals surface area contributed by atoms with Gasteiger partial charge in [-0.15, -0.1) is 0 Å². The molecule has 2 rings (SSSR count). The summed E-state index contributed by atoms with van der Waals surface area (Å²) < 4.78 is 0. The smallest absolute Gasteiger partial charge is 0.0227 e. The number of hydrogen-bond donors (Lipinski definition) is 1. The third-order valence-corrected chi connectivity index (χ3v) is 6.74. The van der Waals surface area contributed by atoms with Gasteiger partial charge in [0.05, 0.1) is 0 Å². The summed E-state index contributed by atoms with van der Waals surface area (Å²) in [5.41, 5.74) is 0.367. The lowest BCUT2D eigenvalue weighted by Gasteiger charge is -2.45. The lowest BCUT2D eigenvalue weighted by atomic mass is 9.72. The molecule has 2 unspecified atom stereocenters. The highest BCUT2D eigenvalue weighted by molar-refractivity contribution is 4.95. The van der Waals surface area contributed by atoms with Crippen molar-refractivity contribution in [3.8, 4) is 0 Å². The van der Waals surface area contributed by atoms with E-state index >= 15 is 0 Å². The van der Waals surface area contributed by atoms with Crippen LogP contribution in [0.2, 0.25) is 0 Å². The molecule has 0 aromatic rings. The maximum atomic E-state index is 4.13. The van der Waals surface area contributed by atoms with Crippen molar-refractivity contribution >= 4 is 0 Å². The summed E-state index contributed by atoms with van der Waals surface area (Å²) in [6, 6.07) is 0. The second-order valence-electron chi connectivity index (χ2n) is 8.49. The predicted octanol–water partition coefficient (Wildman–Crippen LogP) is 5.79. The van der Waals surface area contributed by atoms with Gasteiger partial charge in [-0.2, -0.15) is 0 Å². The summed E-state index contributed by atoms with van der Waals surface area (Å²) in [7, 11) is 0. The number of nitrogens with one attached hydrogen (secondary N) is 1. The molecular weight excluding hydrogens is 254 g/mol. The standard InChI is InChI=1S/C20H39N/c1-16(2)20(17(3)4)14-10-6-5-7-11-18-12-8-9-13-19(18)15-21-20/h16-19,21H,5-15H2,1-4H3. The van der Waals surface area contributed by atoms with Crippen molar-refractivity contribution in [3.63, 3.8) is 0 Å². The molecule has 1 nitrogen and oxygen atoms in total. The van der Waals surface area contributed by atoms with Gasteiger partial charge >= 0.3 is 0 Å². The van der Waals surface area contributed by atoms with Gasteiger partial charge < -0.3 is 5.32 Å². The minimum atomic E-state index is 0.367. The fraction of sp³-hybridized carbons (Fsp3) is 1.00. The minimum Gasteiger partial charge on any atom is -0.310 e. The van der Waals surface area contributed by atoms with Gasteiger partial charge in [-0.25, -0.2) is 0 Å². The summed E-state index contributed by atoms with van der Waals surface area (Å²) >= 11 is 0. The molecule has 0 spiro atoms. The zero-order valence-electron chi connectivity index (χ0n) is 15.1. The van der Waals surface area contributed by atoms with Crippen molar-refractivity contribution in [3.05, 3.63) is 0 Å². The third-order valence-electron chi connectivity index (χ3n) is 6.74. The normalized spacial score (nSPS) is 31.7. The molecule has 1 heteroatoms. The second-order valence-corrected chi connectivity index (χ2v) is 8.49. The first kappa shape index (κ1) is 17.3. The second kappa shape index (κ2) is 7.99. The van der Waals surface area contributed by atoms with Crippen LogP contribution in [0.15, 0.2) is 0 Å². The van der Waals surface area contributed by atoms with Crippen molar-refractivity contribution in [2.75, 3.05) is 6.54 Å². The maximum Gasteiger partial charge on any atom is 0.0227 e. The fourth-order valence-electron chi connectivity index (χ4n) is 5.17. The van der Waals surface area contributed by atoms with Gasteiger partial charge in [-0.05, 0) is 43.1 Å². The predicted molar refractivity (Wildman–Crippen MR) is 93.6 cm³/mol. The molecule has 2 fully saturated rings. The van der Waals surface area contributed by atoms with Gasteiger partial charge in [0.2, 0.25) is 0 Å². The average molecular weight is 294 g/mol. The first-order valence-corrected chi connectivity index (χ1v) is 9.81. The van der Waals surface area contributed by atoms with Crippen molar-refractivity contribution < 1.29 is 0 Å². The summed E-state index contributed by atoms with van der Waals surface area (Å²) in [5, 5.41) is 4.13. The van der Waals surface area contributed by atoms with Gasteiger partial charge in [-0.3, -0.25) is 0 Å². The Hall–Kier alpha value is -0.0400. The topological polar surface area (TPSA) is 12.0 Å². The highest BCUT2D eigenvalue weighted by Gasteiger charge is 2.37. The Morgan fingerprint density at radius 2 is 1.24 bits per heavy atom. The van der Waals surface area contributed by atoms with E-state index in [1.54, 1.807) is 0 Å². The van der Waals surface area contributed by atoms with Crippen LogP contribution in [0.3, 0.4) is 0 Å². The molecule has 2 aliphatic rings. The Bertz CT molecular complexity index is 286. The van der Waals surface area contributed by atoms with E-state index in [1.165, 1.54) is 70.8 Å². The zero-order chi connectivity index (χ0) is 15.3. The van der Waals surface area contributed by atoms with E-state index in [0.29, 0.717) is 5.54 Å². The summed E-state index contributed by atoms with van der Waals surface area (Å²) in [5.74, 6) is 3.44. The molecule has 1 aliphatic carbocycles. The van der Waals surface area contributed by atoms with Crippen LogP contribution in [0, 0.1) is 23.7 Å².